The molecule has 0 bridgehead atoms. The van der Waals surface area contributed by atoms with E-state index in [0.29, 0.717) is 50.3 Å². The largest absolute Gasteiger partial charge is 0.416 e. The lowest BCUT2D eigenvalue weighted by Gasteiger charge is -2.38. The normalized spacial score (nSPS) is 15.5. The van der Waals surface area contributed by atoms with E-state index in [2.05, 4.69) is 39.5 Å². The highest BCUT2D eigenvalue weighted by Crippen LogP contribution is 2.32. The summed E-state index contributed by atoms with van der Waals surface area (Å²) in [6.45, 7) is 6.62. The molecular formula is C33H36F3N5O3. The van der Waals surface area contributed by atoms with Crippen LogP contribution in [0.2, 0.25) is 0 Å². The zero-order chi connectivity index (χ0) is 31.3. The first-order chi connectivity index (χ1) is 21.1. The monoisotopic (exact) mass is 607 g/mol. The van der Waals surface area contributed by atoms with Crippen LogP contribution in [0, 0.1) is 6.92 Å². The van der Waals surface area contributed by atoms with Crippen LogP contribution in [0.5, 0.6) is 0 Å². The number of benzene rings is 3. The van der Waals surface area contributed by atoms with Gasteiger partial charge >= 0.3 is 6.18 Å². The summed E-state index contributed by atoms with van der Waals surface area (Å²) in [7, 11) is 0. The summed E-state index contributed by atoms with van der Waals surface area (Å²) < 4.78 is 39.1. The summed E-state index contributed by atoms with van der Waals surface area (Å²) >= 11 is 0. The molecule has 0 unspecified atom stereocenters. The van der Waals surface area contributed by atoms with Crippen molar-refractivity contribution in [3.05, 3.63) is 89.0 Å². The predicted octanol–water partition coefficient (Wildman–Crippen LogP) is 5.34. The van der Waals surface area contributed by atoms with Crippen LogP contribution in [0.1, 0.15) is 51.1 Å². The maximum atomic E-state index is 13.2. The Hall–Kier alpha value is -4.54. The molecule has 2 fully saturated rings. The average molecular weight is 608 g/mol. The third kappa shape index (κ3) is 7.32. The van der Waals surface area contributed by atoms with Gasteiger partial charge in [0.05, 0.1) is 16.9 Å². The third-order valence-electron chi connectivity index (χ3n) is 8.12. The Balaban J connectivity index is 1.31. The van der Waals surface area contributed by atoms with Crippen molar-refractivity contribution in [3.63, 3.8) is 0 Å². The summed E-state index contributed by atoms with van der Waals surface area (Å²) in [6.07, 6.45) is -2.45. The second kappa shape index (κ2) is 13.4. The second-order valence-corrected chi connectivity index (χ2v) is 11.1. The van der Waals surface area contributed by atoms with E-state index in [4.69, 9.17) is 0 Å². The van der Waals surface area contributed by atoms with Gasteiger partial charge in [0.1, 0.15) is 0 Å². The second-order valence-electron chi connectivity index (χ2n) is 11.1. The van der Waals surface area contributed by atoms with Gasteiger partial charge in [-0.25, -0.2) is 0 Å². The molecular weight excluding hydrogens is 571 g/mol. The lowest BCUT2D eigenvalue weighted by Crippen LogP contribution is -2.47. The Morgan fingerprint density at radius 1 is 0.818 bits per heavy atom. The molecule has 3 aromatic carbocycles. The SMILES string of the molecule is Cc1ccccc1N1CCN(c2ccc(C(=O)NCCCN3CCCC3=O)cc2NC(=O)c2ccc(C(F)(F)F)cc2)CC1. The van der Waals surface area contributed by atoms with Crippen LogP contribution in [0.15, 0.2) is 66.7 Å². The van der Waals surface area contributed by atoms with Gasteiger partial charge in [0.15, 0.2) is 0 Å². The highest BCUT2D eigenvalue weighted by atomic mass is 19.4. The fraction of sp³-hybridized carbons (Fsp3) is 0.364. The molecule has 44 heavy (non-hydrogen) atoms. The van der Waals surface area contributed by atoms with E-state index in [1.807, 2.05) is 12.1 Å². The minimum absolute atomic E-state index is 0.0691. The number of rotatable bonds is 9. The molecule has 0 aromatic heterocycles. The van der Waals surface area contributed by atoms with Crippen molar-refractivity contribution in [2.45, 2.75) is 32.4 Å². The van der Waals surface area contributed by atoms with Gasteiger partial charge in [-0.1, -0.05) is 18.2 Å². The van der Waals surface area contributed by atoms with Crippen molar-refractivity contribution in [2.75, 3.05) is 60.9 Å². The van der Waals surface area contributed by atoms with Gasteiger partial charge in [0, 0.05) is 69.0 Å². The molecule has 2 heterocycles. The fourth-order valence-corrected chi connectivity index (χ4v) is 5.68. The summed E-state index contributed by atoms with van der Waals surface area (Å²) in [5.41, 5.74) is 3.05. The van der Waals surface area contributed by atoms with Crippen molar-refractivity contribution in [3.8, 4) is 0 Å². The highest BCUT2D eigenvalue weighted by molar-refractivity contribution is 6.07. The van der Waals surface area contributed by atoms with E-state index in [1.54, 1.807) is 23.1 Å². The minimum Gasteiger partial charge on any atom is -0.368 e. The number of aryl methyl sites for hydroxylation is 1. The molecule has 11 heteroatoms. The molecule has 3 aromatic rings. The number of nitrogens with zero attached hydrogens (tertiary/aromatic N) is 3. The van der Waals surface area contributed by atoms with Gasteiger partial charge in [-0.2, -0.15) is 13.2 Å². The van der Waals surface area contributed by atoms with E-state index in [1.165, 1.54) is 11.3 Å². The zero-order valence-corrected chi connectivity index (χ0v) is 24.6. The van der Waals surface area contributed by atoms with Gasteiger partial charge < -0.3 is 25.3 Å². The molecule has 3 amide bonds. The van der Waals surface area contributed by atoms with Gasteiger partial charge in [0.25, 0.3) is 11.8 Å². The van der Waals surface area contributed by atoms with Crippen molar-refractivity contribution in [1.82, 2.24) is 10.2 Å². The average Bonchev–Trinajstić information content (AvgIpc) is 3.43. The standard InChI is InChI=1S/C33H36F3N5O3/c1-23-6-2-3-7-28(23)39-18-20-40(21-19-39)29-14-11-25(31(43)37-15-5-17-41-16-4-8-30(41)42)22-27(29)38-32(44)24-9-12-26(13-10-24)33(34,35)36/h2-3,6-7,9-14,22H,4-5,8,15-21H2,1H3,(H,37,43)(H,38,44). The summed E-state index contributed by atoms with van der Waals surface area (Å²) in [5.74, 6) is -0.759. The molecule has 0 saturated carbocycles. The van der Waals surface area contributed by atoms with E-state index in [9.17, 15) is 27.6 Å². The van der Waals surface area contributed by atoms with Crippen LogP contribution in [-0.4, -0.2) is 68.4 Å². The number of anilines is 3. The molecule has 2 N–H and O–H groups in total. The van der Waals surface area contributed by atoms with E-state index in [-0.39, 0.29) is 17.4 Å². The molecule has 2 saturated heterocycles. The molecule has 0 aliphatic carbocycles. The molecule has 0 atom stereocenters. The number of para-hydroxylation sites is 1. The van der Waals surface area contributed by atoms with Crippen LogP contribution in [0.4, 0.5) is 30.2 Å². The van der Waals surface area contributed by atoms with Gasteiger partial charge in [-0.3, -0.25) is 14.4 Å². The number of carbonyl (C=O) groups excluding carboxylic acids is 3. The van der Waals surface area contributed by atoms with Crippen LogP contribution in [-0.2, 0) is 11.0 Å². The highest BCUT2D eigenvalue weighted by Gasteiger charge is 2.30. The molecule has 5 rings (SSSR count). The molecule has 2 aliphatic rings. The number of amides is 3. The number of hydrogen-bond acceptors (Lipinski definition) is 5. The fourth-order valence-electron chi connectivity index (χ4n) is 5.68. The van der Waals surface area contributed by atoms with Crippen LogP contribution < -0.4 is 20.4 Å². The first-order valence-corrected chi connectivity index (χ1v) is 14.8. The lowest BCUT2D eigenvalue weighted by molar-refractivity contribution is -0.137. The summed E-state index contributed by atoms with van der Waals surface area (Å²) in [4.78, 5) is 44.3. The zero-order valence-electron chi connectivity index (χ0n) is 24.6. The Morgan fingerprint density at radius 2 is 1.48 bits per heavy atom. The first kappa shape index (κ1) is 30.9. The maximum absolute atomic E-state index is 13.2. The number of halogens is 3. The van der Waals surface area contributed by atoms with Crippen LogP contribution in [0.3, 0.4) is 0 Å². The molecule has 8 nitrogen and oxygen atoms in total. The van der Waals surface area contributed by atoms with Crippen molar-refractivity contribution in [1.29, 1.82) is 0 Å². The quantitative estimate of drug-likeness (QED) is 0.321. The lowest BCUT2D eigenvalue weighted by atomic mass is 10.1. The van der Waals surface area contributed by atoms with Crippen molar-refractivity contribution in [2.24, 2.45) is 0 Å². The Bertz CT molecular complexity index is 1500. The topological polar surface area (TPSA) is 85.0 Å². The Kier molecular flexibility index (Phi) is 9.41. The van der Waals surface area contributed by atoms with Crippen LogP contribution >= 0.6 is 0 Å². The molecule has 232 valence electrons. The molecule has 2 aliphatic heterocycles. The molecule has 0 radical (unpaired) electrons. The predicted molar refractivity (Wildman–Crippen MR) is 164 cm³/mol. The van der Waals surface area contributed by atoms with Gasteiger partial charge in [0.2, 0.25) is 5.91 Å². The number of hydrogen-bond donors (Lipinski definition) is 2. The molecule has 0 spiro atoms. The van der Waals surface area contributed by atoms with Gasteiger partial charge in [-0.15, -0.1) is 0 Å². The van der Waals surface area contributed by atoms with E-state index in [0.717, 1.165) is 56.0 Å². The smallest absolute Gasteiger partial charge is 0.368 e. The van der Waals surface area contributed by atoms with E-state index >= 15 is 0 Å². The first-order valence-electron chi connectivity index (χ1n) is 14.8. The minimum atomic E-state index is -4.51. The van der Waals surface area contributed by atoms with Crippen LogP contribution in [0.25, 0.3) is 0 Å². The maximum Gasteiger partial charge on any atom is 0.416 e. The summed E-state index contributed by atoms with van der Waals surface area (Å²) in [5, 5.41) is 5.72. The number of carbonyl (C=O) groups is 3. The Labute approximate surface area is 254 Å². The third-order valence-corrected chi connectivity index (χ3v) is 8.12. The number of likely N-dealkylation sites (tertiary alicyclic amines) is 1. The number of nitrogens with one attached hydrogen (secondary N) is 2. The Morgan fingerprint density at radius 3 is 2.11 bits per heavy atom. The van der Waals surface area contributed by atoms with Crippen molar-refractivity contribution < 1.29 is 27.6 Å². The summed E-state index contributed by atoms with van der Waals surface area (Å²) in [6, 6.07) is 17.3. The number of piperazine rings is 1. The van der Waals surface area contributed by atoms with Gasteiger partial charge in [-0.05, 0) is 73.9 Å². The van der Waals surface area contributed by atoms with Crippen molar-refractivity contribution >= 4 is 34.8 Å². The van der Waals surface area contributed by atoms with E-state index < -0.39 is 17.6 Å². The number of alkyl halides is 3.